The van der Waals surface area contributed by atoms with Gasteiger partial charge in [-0.15, -0.1) is 0 Å². The third-order valence-electron chi connectivity index (χ3n) is 5.41. The van der Waals surface area contributed by atoms with Crippen LogP contribution in [0.1, 0.15) is 24.5 Å². The summed E-state index contributed by atoms with van der Waals surface area (Å²) in [4.78, 5) is 10.9. The Kier molecular flexibility index (Phi) is 4.85. The standard InChI is InChI=1S/C23H24FN5/c1-15-5-4-6-19(21(15)24)28-22-17-12-18(25)16(11-20(17)26-14-27-22)7-8-23(2)9-10-29(3)13-23/h4-6,11-12,14H,9-10,13,25H2,1-3H3,(H,26,27,28)/t23-/m0/s1. The highest BCUT2D eigenvalue weighted by molar-refractivity contribution is 5.94. The van der Waals surface area contributed by atoms with Crippen molar-refractivity contribution in [2.75, 3.05) is 31.2 Å². The van der Waals surface area contributed by atoms with Crippen molar-refractivity contribution in [2.24, 2.45) is 5.41 Å². The SMILES string of the molecule is Cc1cccc(Nc2ncnc3cc(C#C[C@@]4(C)CCN(C)C4)c(N)cc23)c1F. The zero-order chi connectivity index (χ0) is 20.6. The molecule has 0 unspecified atom stereocenters. The third-order valence-corrected chi connectivity index (χ3v) is 5.41. The number of anilines is 3. The molecule has 1 aliphatic rings. The predicted molar refractivity (Wildman–Crippen MR) is 115 cm³/mol. The van der Waals surface area contributed by atoms with Gasteiger partial charge in [0.1, 0.15) is 18.0 Å². The molecule has 6 heteroatoms. The summed E-state index contributed by atoms with van der Waals surface area (Å²) in [5.41, 5.74) is 9.21. The first-order chi connectivity index (χ1) is 13.8. The molecule has 0 radical (unpaired) electrons. The summed E-state index contributed by atoms with van der Waals surface area (Å²) in [6, 6.07) is 8.88. The van der Waals surface area contributed by atoms with Gasteiger partial charge in [-0.2, -0.15) is 0 Å². The van der Waals surface area contributed by atoms with Crippen LogP contribution in [0, 0.1) is 30.0 Å². The molecule has 0 amide bonds. The van der Waals surface area contributed by atoms with Crippen molar-refractivity contribution in [3.05, 3.63) is 53.6 Å². The second-order valence-electron chi connectivity index (χ2n) is 8.04. The summed E-state index contributed by atoms with van der Waals surface area (Å²) in [5.74, 6) is 6.86. The van der Waals surface area contributed by atoms with Gasteiger partial charge in [0, 0.05) is 28.6 Å². The average molecular weight is 389 g/mol. The Bertz CT molecular complexity index is 1150. The van der Waals surface area contributed by atoms with E-state index in [0.717, 1.165) is 30.5 Å². The van der Waals surface area contributed by atoms with Crippen molar-refractivity contribution >= 4 is 28.1 Å². The monoisotopic (exact) mass is 389 g/mol. The Labute approximate surface area is 170 Å². The lowest BCUT2D eigenvalue weighted by Crippen LogP contribution is -2.20. The molecule has 3 N–H and O–H groups in total. The third kappa shape index (κ3) is 3.87. The summed E-state index contributed by atoms with van der Waals surface area (Å²) >= 11 is 0. The number of nitrogens with two attached hydrogens (primary N) is 1. The van der Waals surface area contributed by atoms with Gasteiger partial charge in [-0.1, -0.05) is 24.0 Å². The minimum atomic E-state index is -0.301. The summed E-state index contributed by atoms with van der Waals surface area (Å²) < 4.78 is 14.4. The Morgan fingerprint density at radius 2 is 2.10 bits per heavy atom. The van der Waals surface area contributed by atoms with E-state index in [1.54, 1.807) is 31.2 Å². The van der Waals surface area contributed by atoms with Crippen molar-refractivity contribution in [3.63, 3.8) is 0 Å². The fourth-order valence-electron chi connectivity index (χ4n) is 3.71. The van der Waals surface area contributed by atoms with Gasteiger partial charge in [0.05, 0.1) is 11.2 Å². The lowest BCUT2D eigenvalue weighted by Gasteiger charge is -2.15. The Hall–Kier alpha value is -3.17. The molecule has 3 aromatic rings. The maximum Gasteiger partial charge on any atom is 0.149 e. The molecule has 1 aromatic heterocycles. The Morgan fingerprint density at radius 3 is 2.86 bits per heavy atom. The molecule has 29 heavy (non-hydrogen) atoms. The summed E-state index contributed by atoms with van der Waals surface area (Å²) in [5, 5.41) is 3.79. The van der Waals surface area contributed by atoms with Gasteiger partial charge < -0.3 is 16.0 Å². The lowest BCUT2D eigenvalue weighted by atomic mass is 9.90. The van der Waals surface area contributed by atoms with Crippen molar-refractivity contribution in [3.8, 4) is 11.8 Å². The molecule has 0 bridgehead atoms. The zero-order valence-corrected chi connectivity index (χ0v) is 16.9. The second kappa shape index (κ2) is 7.34. The lowest BCUT2D eigenvalue weighted by molar-refractivity contribution is 0.373. The van der Waals surface area contributed by atoms with Crippen LogP contribution in [0.5, 0.6) is 0 Å². The van der Waals surface area contributed by atoms with Crippen LogP contribution in [0.15, 0.2) is 36.7 Å². The first kappa shape index (κ1) is 19.2. The molecule has 0 saturated carbocycles. The van der Waals surface area contributed by atoms with E-state index in [1.807, 2.05) is 6.07 Å². The molecule has 2 aromatic carbocycles. The number of fused-ring (bicyclic) bond motifs is 1. The largest absolute Gasteiger partial charge is 0.398 e. The van der Waals surface area contributed by atoms with Crippen LogP contribution in [0.3, 0.4) is 0 Å². The average Bonchev–Trinajstić information content (AvgIpc) is 3.03. The molecule has 148 valence electrons. The maximum absolute atomic E-state index is 14.4. The first-order valence-corrected chi connectivity index (χ1v) is 9.63. The molecule has 1 atom stereocenters. The maximum atomic E-state index is 14.4. The molecule has 1 aliphatic heterocycles. The van der Waals surface area contributed by atoms with Gasteiger partial charge in [-0.25, -0.2) is 14.4 Å². The molecule has 4 rings (SSSR count). The van der Waals surface area contributed by atoms with Gasteiger partial charge in [0.25, 0.3) is 0 Å². The van der Waals surface area contributed by atoms with E-state index < -0.39 is 0 Å². The summed E-state index contributed by atoms with van der Waals surface area (Å²) in [7, 11) is 2.11. The number of aryl methyl sites for hydroxylation is 1. The van der Waals surface area contributed by atoms with E-state index in [-0.39, 0.29) is 11.2 Å². The van der Waals surface area contributed by atoms with Crippen LogP contribution >= 0.6 is 0 Å². The van der Waals surface area contributed by atoms with Crippen LogP contribution < -0.4 is 11.1 Å². The van der Waals surface area contributed by atoms with E-state index in [0.29, 0.717) is 28.3 Å². The summed E-state index contributed by atoms with van der Waals surface area (Å²) in [6.45, 7) is 5.91. The van der Waals surface area contributed by atoms with Crippen molar-refractivity contribution in [1.82, 2.24) is 14.9 Å². The van der Waals surface area contributed by atoms with Gasteiger partial charge in [0.2, 0.25) is 0 Å². The molecule has 1 saturated heterocycles. The number of hydrogen-bond donors (Lipinski definition) is 2. The van der Waals surface area contributed by atoms with Crippen LogP contribution in [0.4, 0.5) is 21.6 Å². The fraction of sp³-hybridized carbons (Fsp3) is 0.304. The number of halogens is 1. The number of nitrogen functional groups attached to an aromatic ring is 1. The van der Waals surface area contributed by atoms with Gasteiger partial charge in [-0.3, -0.25) is 0 Å². The molecule has 0 spiro atoms. The van der Waals surface area contributed by atoms with Crippen molar-refractivity contribution in [1.29, 1.82) is 0 Å². The van der Waals surface area contributed by atoms with Crippen molar-refractivity contribution < 1.29 is 4.39 Å². The Morgan fingerprint density at radius 1 is 1.28 bits per heavy atom. The number of benzene rings is 2. The number of hydrogen-bond acceptors (Lipinski definition) is 5. The van der Waals surface area contributed by atoms with Crippen LogP contribution in [-0.2, 0) is 0 Å². The van der Waals surface area contributed by atoms with Crippen molar-refractivity contribution in [2.45, 2.75) is 20.3 Å². The topological polar surface area (TPSA) is 67.1 Å². The van der Waals surface area contributed by atoms with Crippen LogP contribution in [0.2, 0.25) is 0 Å². The summed E-state index contributed by atoms with van der Waals surface area (Å²) in [6.07, 6.45) is 2.50. The highest BCUT2D eigenvalue weighted by Crippen LogP contribution is 2.30. The van der Waals surface area contributed by atoms with Gasteiger partial charge in [-0.05, 0) is 57.6 Å². The number of rotatable bonds is 2. The Balaban J connectivity index is 1.70. The molecule has 5 nitrogen and oxygen atoms in total. The highest BCUT2D eigenvalue weighted by Gasteiger charge is 2.29. The van der Waals surface area contributed by atoms with E-state index in [2.05, 4.69) is 46.0 Å². The first-order valence-electron chi connectivity index (χ1n) is 9.63. The predicted octanol–water partition coefficient (Wildman–Crippen LogP) is 4.10. The van der Waals surface area contributed by atoms with E-state index >= 15 is 0 Å². The van der Waals surface area contributed by atoms with Gasteiger partial charge in [0.15, 0.2) is 0 Å². The molecular formula is C23H24FN5. The van der Waals surface area contributed by atoms with Crippen LogP contribution in [0.25, 0.3) is 10.9 Å². The second-order valence-corrected chi connectivity index (χ2v) is 8.04. The molecular weight excluding hydrogens is 365 g/mol. The number of aromatic nitrogens is 2. The fourth-order valence-corrected chi connectivity index (χ4v) is 3.71. The number of nitrogens with one attached hydrogen (secondary N) is 1. The quantitative estimate of drug-likeness (QED) is 0.510. The smallest absolute Gasteiger partial charge is 0.149 e. The van der Waals surface area contributed by atoms with E-state index in [9.17, 15) is 4.39 Å². The van der Waals surface area contributed by atoms with E-state index in [4.69, 9.17) is 5.73 Å². The highest BCUT2D eigenvalue weighted by atomic mass is 19.1. The minimum absolute atomic E-state index is 0.0305. The normalized spacial score (nSPS) is 19.2. The molecule has 0 aliphatic carbocycles. The van der Waals surface area contributed by atoms with Crippen LogP contribution in [-0.4, -0.2) is 35.0 Å². The van der Waals surface area contributed by atoms with E-state index in [1.165, 1.54) is 6.33 Å². The zero-order valence-electron chi connectivity index (χ0n) is 16.9. The number of likely N-dealkylation sites (tertiary alicyclic amines) is 1. The number of nitrogens with zero attached hydrogens (tertiary/aromatic N) is 3. The minimum Gasteiger partial charge on any atom is -0.398 e. The molecule has 2 heterocycles. The van der Waals surface area contributed by atoms with Gasteiger partial charge >= 0.3 is 0 Å². The molecule has 1 fully saturated rings.